The van der Waals surface area contributed by atoms with Crippen LogP contribution in [0.5, 0.6) is 11.5 Å². The molecule has 5 nitrogen and oxygen atoms in total. The molecule has 0 N–H and O–H groups in total. The van der Waals surface area contributed by atoms with Gasteiger partial charge in [0.05, 0.1) is 16.6 Å². The third kappa shape index (κ3) is 2.92. The first-order chi connectivity index (χ1) is 9.92. The molecular formula is C13H5F3N2O3. The minimum Gasteiger partial charge on any atom is -0.453 e. The van der Waals surface area contributed by atoms with Gasteiger partial charge in [0.25, 0.3) is 0 Å². The van der Waals surface area contributed by atoms with Crippen molar-refractivity contribution in [3.63, 3.8) is 0 Å². The molecule has 0 amide bonds. The molecule has 0 aromatic heterocycles. The Balaban J connectivity index is 2.44. The van der Waals surface area contributed by atoms with E-state index in [1.54, 1.807) is 6.07 Å². The van der Waals surface area contributed by atoms with Crippen molar-refractivity contribution >= 4 is 5.69 Å². The van der Waals surface area contributed by atoms with Gasteiger partial charge in [0.15, 0.2) is 11.6 Å². The van der Waals surface area contributed by atoms with Gasteiger partial charge < -0.3 is 4.74 Å². The number of nitro groups is 1. The number of ether oxygens (including phenoxy) is 1. The highest BCUT2D eigenvalue weighted by Gasteiger charge is 2.20. The number of nitro benzene ring substituents is 1. The van der Waals surface area contributed by atoms with Crippen molar-refractivity contribution in [2.24, 2.45) is 0 Å². The fraction of sp³-hybridized carbons (Fsp3) is 0. The number of nitrogens with zero attached hydrogens (tertiary/aromatic N) is 2. The van der Waals surface area contributed by atoms with Crippen LogP contribution in [0, 0.1) is 38.9 Å². The van der Waals surface area contributed by atoms with E-state index in [1.807, 2.05) is 0 Å². The zero-order valence-corrected chi connectivity index (χ0v) is 10.1. The van der Waals surface area contributed by atoms with Crippen LogP contribution in [-0.2, 0) is 0 Å². The molecule has 0 saturated heterocycles. The summed E-state index contributed by atoms with van der Waals surface area (Å²) in [5, 5.41) is 19.3. The summed E-state index contributed by atoms with van der Waals surface area (Å²) in [5.41, 5.74) is -1.27. The van der Waals surface area contributed by atoms with Crippen LogP contribution in [0.15, 0.2) is 30.3 Å². The summed E-state index contributed by atoms with van der Waals surface area (Å²) >= 11 is 0. The Bertz CT molecular complexity index is 772. The highest BCUT2D eigenvalue weighted by molar-refractivity contribution is 5.47. The van der Waals surface area contributed by atoms with E-state index in [2.05, 4.69) is 0 Å². The molecule has 2 aromatic rings. The number of rotatable bonds is 3. The summed E-state index contributed by atoms with van der Waals surface area (Å²) in [6.07, 6.45) is 0. The lowest BCUT2D eigenvalue weighted by atomic mass is 10.2. The van der Waals surface area contributed by atoms with Crippen molar-refractivity contribution < 1.29 is 22.8 Å². The van der Waals surface area contributed by atoms with Gasteiger partial charge in [0.2, 0.25) is 5.82 Å². The van der Waals surface area contributed by atoms with Gasteiger partial charge in [0, 0.05) is 6.07 Å². The van der Waals surface area contributed by atoms with Crippen molar-refractivity contribution in [2.45, 2.75) is 0 Å². The second-order valence-electron chi connectivity index (χ2n) is 3.85. The summed E-state index contributed by atoms with van der Waals surface area (Å²) in [7, 11) is 0. The number of hydrogen-bond donors (Lipinski definition) is 0. The number of benzene rings is 2. The minimum atomic E-state index is -1.29. The van der Waals surface area contributed by atoms with Crippen LogP contribution in [0.25, 0.3) is 0 Å². The molecule has 0 atom stereocenters. The normalized spacial score (nSPS) is 10.0. The quantitative estimate of drug-likeness (QED) is 0.639. The maximum Gasteiger partial charge on any atom is 0.307 e. The lowest BCUT2D eigenvalue weighted by Crippen LogP contribution is -1.97. The van der Waals surface area contributed by atoms with Crippen molar-refractivity contribution in [1.29, 1.82) is 5.26 Å². The minimum absolute atomic E-state index is 0.203. The van der Waals surface area contributed by atoms with Crippen LogP contribution in [0.1, 0.15) is 5.56 Å². The Kier molecular flexibility index (Phi) is 3.75. The highest BCUT2D eigenvalue weighted by Crippen LogP contribution is 2.31. The smallest absolute Gasteiger partial charge is 0.307 e. The number of nitriles is 1. The average Bonchev–Trinajstić information content (AvgIpc) is 2.43. The van der Waals surface area contributed by atoms with E-state index >= 15 is 0 Å². The van der Waals surface area contributed by atoms with Crippen LogP contribution in [0.4, 0.5) is 18.9 Å². The number of hydrogen-bond acceptors (Lipinski definition) is 4. The maximum absolute atomic E-state index is 13.6. The van der Waals surface area contributed by atoms with Gasteiger partial charge in [-0.2, -0.15) is 9.65 Å². The van der Waals surface area contributed by atoms with E-state index in [1.165, 1.54) is 0 Å². The molecule has 0 fully saturated rings. The summed E-state index contributed by atoms with van der Waals surface area (Å²) in [6.45, 7) is 0. The van der Waals surface area contributed by atoms with Crippen LogP contribution >= 0.6 is 0 Å². The van der Waals surface area contributed by atoms with Crippen molar-refractivity contribution in [3.05, 3.63) is 63.5 Å². The van der Waals surface area contributed by atoms with Crippen LogP contribution in [0.2, 0.25) is 0 Å². The second kappa shape index (κ2) is 5.50. The van der Waals surface area contributed by atoms with Crippen molar-refractivity contribution in [1.82, 2.24) is 0 Å². The molecule has 0 aliphatic heterocycles. The highest BCUT2D eigenvalue weighted by atomic mass is 19.1. The molecular weight excluding hydrogens is 289 g/mol. The Morgan fingerprint density at radius 2 is 1.81 bits per heavy atom. The fourth-order valence-electron chi connectivity index (χ4n) is 1.53. The van der Waals surface area contributed by atoms with Gasteiger partial charge in [-0.25, -0.2) is 8.78 Å². The van der Waals surface area contributed by atoms with Gasteiger partial charge in [0.1, 0.15) is 17.6 Å². The van der Waals surface area contributed by atoms with E-state index in [-0.39, 0.29) is 11.3 Å². The van der Waals surface area contributed by atoms with E-state index in [0.29, 0.717) is 12.1 Å². The van der Waals surface area contributed by atoms with Crippen molar-refractivity contribution in [3.8, 4) is 17.6 Å². The van der Waals surface area contributed by atoms with Gasteiger partial charge >= 0.3 is 5.69 Å². The van der Waals surface area contributed by atoms with E-state index in [9.17, 15) is 23.3 Å². The largest absolute Gasteiger partial charge is 0.453 e. The molecule has 21 heavy (non-hydrogen) atoms. The zero-order chi connectivity index (χ0) is 15.6. The Morgan fingerprint density at radius 3 is 2.43 bits per heavy atom. The van der Waals surface area contributed by atoms with E-state index < -0.39 is 33.8 Å². The van der Waals surface area contributed by atoms with Crippen LogP contribution < -0.4 is 4.74 Å². The van der Waals surface area contributed by atoms with Crippen LogP contribution in [-0.4, -0.2) is 4.92 Å². The molecule has 2 aromatic carbocycles. The monoisotopic (exact) mass is 294 g/mol. The molecule has 0 saturated carbocycles. The van der Waals surface area contributed by atoms with E-state index in [4.69, 9.17) is 10.00 Å². The Morgan fingerprint density at radius 1 is 1.10 bits per heavy atom. The second-order valence-corrected chi connectivity index (χ2v) is 3.85. The SMILES string of the molecule is N#Cc1cc(F)ccc1Oc1cc(F)c([N+](=O)[O-])cc1F. The maximum atomic E-state index is 13.6. The van der Waals surface area contributed by atoms with Crippen LogP contribution in [0.3, 0.4) is 0 Å². The fourth-order valence-corrected chi connectivity index (χ4v) is 1.53. The molecule has 106 valence electrons. The molecule has 0 aliphatic carbocycles. The lowest BCUT2D eigenvalue weighted by molar-refractivity contribution is -0.387. The topological polar surface area (TPSA) is 76.2 Å². The third-order valence-corrected chi connectivity index (χ3v) is 2.48. The zero-order valence-electron chi connectivity index (χ0n) is 10.1. The molecule has 0 bridgehead atoms. The van der Waals surface area contributed by atoms with Gasteiger partial charge in [-0.3, -0.25) is 10.1 Å². The third-order valence-electron chi connectivity index (χ3n) is 2.48. The first-order valence-electron chi connectivity index (χ1n) is 5.43. The summed E-state index contributed by atoms with van der Waals surface area (Å²) < 4.78 is 45.0. The van der Waals surface area contributed by atoms with Crippen molar-refractivity contribution in [2.75, 3.05) is 0 Å². The summed E-state index contributed by atoms with van der Waals surface area (Å²) in [5.74, 6) is -4.03. The molecule has 0 aliphatic rings. The summed E-state index contributed by atoms with van der Waals surface area (Å²) in [6, 6.07) is 5.36. The molecule has 0 unspecified atom stereocenters. The molecule has 8 heteroatoms. The molecule has 0 heterocycles. The standard InChI is InChI=1S/C13H5F3N2O3/c14-8-1-2-12(7(3-8)6-17)21-13-5-9(15)11(18(19)20)4-10(13)16/h1-5H. The lowest BCUT2D eigenvalue weighted by Gasteiger charge is -2.08. The molecule has 0 spiro atoms. The van der Waals surface area contributed by atoms with Gasteiger partial charge in [-0.1, -0.05) is 0 Å². The first-order valence-corrected chi connectivity index (χ1v) is 5.43. The Hall–Kier alpha value is -3.08. The Labute approximate surface area is 116 Å². The molecule has 0 radical (unpaired) electrons. The van der Waals surface area contributed by atoms with E-state index in [0.717, 1.165) is 18.2 Å². The van der Waals surface area contributed by atoms with Gasteiger partial charge in [-0.15, -0.1) is 0 Å². The first kappa shape index (κ1) is 14.3. The number of halogens is 3. The summed E-state index contributed by atoms with van der Waals surface area (Å²) in [4.78, 5) is 9.37. The average molecular weight is 294 g/mol. The molecule has 2 rings (SSSR count). The predicted molar refractivity (Wildman–Crippen MR) is 64.2 cm³/mol. The van der Waals surface area contributed by atoms with Gasteiger partial charge in [-0.05, 0) is 18.2 Å². The predicted octanol–water partition coefficient (Wildman–Crippen LogP) is 3.68.